The summed E-state index contributed by atoms with van der Waals surface area (Å²) < 4.78 is 0. The van der Waals surface area contributed by atoms with Crippen molar-refractivity contribution in [2.24, 2.45) is 5.92 Å². The number of aliphatic hydroxyl groups excluding tert-OH is 1. The maximum atomic E-state index is 9.24. The van der Waals surface area contributed by atoms with Crippen molar-refractivity contribution in [3.8, 4) is 0 Å². The number of hydrogen-bond donors (Lipinski definition) is 1. The van der Waals surface area contributed by atoms with E-state index < -0.39 is 0 Å². The molecule has 2 heteroatoms. The summed E-state index contributed by atoms with van der Waals surface area (Å²) in [7, 11) is 0. The van der Waals surface area contributed by atoms with E-state index in [0.717, 1.165) is 12.6 Å². The van der Waals surface area contributed by atoms with E-state index in [1.165, 1.54) is 57.9 Å². The zero-order valence-corrected chi connectivity index (χ0v) is 9.83. The van der Waals surface area contributed by atoms with Gasteiger partial charge in [-0.25, -0.2) is 0 Å². The molecule has 1 saturated carbocycles. The third kappa shape index (κ3) is 3.18. The maximum absolute atomic E-state index is 9.24. The van der Waals surface area contributed by atoms with Crippen LogP contribution >= 0.6 is 0 Å². The second-order valence-electron chi connectivity index (χ2n) is 5.33. The summed E-state index contributed by atoms with van der Waals surface area (Å²) in [6, 6.07) is 0.835. The van der Waals surface area contributed by atoms with Gasteiger partial charge in [-0.3, -0.25) is 0 Å². The summed E-state index contributed by atoms with van der Waals surface area (Å²) in [6.45, 7) is 2.82. The highest BCUT2D eigenvalue weighted by Crippen LogP contribution is 2.26. The lowest BCUT2D eigenvalue weighted by atomic mass is 9.95. The molecule has 0 amide bonds. The van der Waals surface area contributed by atoms with E-state index in [0.29, 0.717) is 12.5 Å². The van der Waals surface area contributed by atoms with Crippen LogP contribution in [0.2, 0.25) is 0 Å². The van der Waals surface area contributed by atoms with Crippen molar-refractivity contribution >= 4 is 0 Å². The normalized spacial score (nSPS) is 31.4. The van der Waals surface area contributed by atoms with Gasteiger partial charge < -0.3 is 10.0 Å². The van der Waals surface area contributed by atoms with Crippen molar-refractivity contribution in [3.05, 3.63) is 0 Å². The molecule has 2 fully saturated rings. The van der Waals surface area contributed by atoms with Gasteiger partial charge in [-0.2, -0.15) is 0 Å². The van der Waals surface area contributed by atoms with Gasteiger partial charge in [0.2, 0.25) is 0 Å². The molecular weight excluding hydrogens is 186 g/mol. The van der Waals surface area contributed by atoms with Gasteiger partial charge >= 0.3 is 0 Å². The monoisotopic (exact) mass is 211 g/mol. The van der Waals surface area contributed by atoms with Crippen LogP contribution in [0.15, 0.2) is 0 Å². The fraction of sp³-hybridized carbons (Fsp3) is 1.00. The molecule has 1 N–H and O–H groups in total. The highest BCUT2D eigenvalue weighted by molar-refractivity contribution is 4.80. The fourth-order valence-corrected chi connectivity index (χ4v) is 3.20. The van der Waals surface area contributed by atoms with Gasteiger partial charge in [0.15, 0.2) is 0 Å². The Kier molecular flexibility index (Phi) is 4.45. The molecule has 2 nitrogen and oxygen atoms in total. The van der Waals surface area contributed by atoms with E-state index in [2.05, 4.69) is 4.90 Å². The van der Waals surface area contributed by atoms with Crippen molar-refractivity contribution in [3.63, 3.8) is 0 Å². The van der Waals surface area contributed by atoms with Crippen LogP contribution in [0.25, 0.3) is 0 Å². The second kappa shape index (κ2) is 5.86. The largest absolute Gasteiger partial charge is 0.396 e. The predicted molar refractivity (Wildman–Crippen MR) is 62.9 cm³/mol. The number of nitrogens with zero attached hydrogens (tertiary/aromatic N) is 1. The molecule has 0 aromatic heterocycles. The Hall–Kier alpha value is -0.0800. The molecule has 1 atom stereocenters. The number of hydrogen-bond acceptors (Lipinski definition) is 2. The lowest BCUT2D eigenvalue weighted by Gasteiger charge is -2.37. The van der Waals surface area contributed by atoms with E-state index in [1.54, 1.807) is 0 Å². The van der Waals surface area contributed by atoms with Crippen molar-refractivity contribution in [1.82, 2.24) is 4.90 Å². The highest BCUT2D eigenvalue weighted by Gasteiger charge is 2.25. The van der Waals surface area contributed by atoms with Crippen LogP contribution in [-0.2, 0) is 0 Å². The number of aliphatic hydroxyl groups is 1. The molecule has 2 aliphatic rings. The minimum absolute atomic E-state index is 0.392. The van der Waals surface area contributed by atoms with E-state index in [9.17, 15) is 5.11 Å². The summed E-state index contributed by atoms with van der Waals surface area (Å²) in [4.78, 5) is 2.66. The topological polar surface area (TPSA) is 23.5 Å². The molecule has 88 valence electrons. The first kappa shape index (κ1) is 11.4. The van der Waals surface area contributed by atoms with Crippen molar-refractivity contribution in [2.75, 3.05) is 19.7 Å². The van der Waals surface area contributed by atoms with Crippen LogP contribution in [-0.4, -0.2) is 35.7 Å². The Morgan fingerprint density at radius 3 is 2.33 bits per heavy atom. The van der Waals surface area contributed by atoms with Gasteiger partial charge in [-0.05, 0) is 38.1 Å². The van der Waals surface area contributed by atoms with Gasteiger partial charge in [-0.1, -0.05) is 25.7 Å². The molecule has 0 spiro atoms. The third-order valence-corrected chi connectivity index (χ3v) is 4.15. The van der Waals surface area contributed by atoms with Gasteiger partial charge in [0.05, 0.1) is 0 Å². The van der Waals surface area contributed by atoms with Crippen LogP contribution in [0, 0.1) is 5.92 Å². The van der Waals surface area contributed by atoms with Crippen LogP contribution in [0.4, 0.5) is 0 Å². The summed E-state index contributed by atoms with van der Waals surface area (Å²) in [5.74, 6) is 0.557. The van der Waals surface area contributed by atoms with Crippen LogP contribution < -0.4 is 0 Å². The minimum atomic E-state index is 0.392. The maximum Gasteiger partial charge on any atom is 0.0471 e. The highest BCUT2D eigenvalue weighted by atomic mass is 16.3. The Balaban J connectivity index is 1.84. The first-order chi connectivity index (χ1) is 7.40. The number of piperidine rings is 1. The third-order valence-electron chi connectivity index (χ3n) is 4.15. The zero-order valence-electron chi connectivity index (χ0n) is 9.83. The average molecular weight is 211 g/mol. The Morgan fingerprint density at radius 1 is 0.933 bits per heavy atom. The van der Waals surface area contributed by atoms with Crippen molar-refractivity contribution in [1.29, 1.82) is 0 Å². The fourth-order valence-electron chi connectivity index (χ4n) is 3.20. The number of rotatable bonds is 2. The van der Waals surface area contributed by atoms with Crippen LogP contribution in [0.3, 0.4) is 0 Å². The Labute approximate surface area is 93.7 Å². The van der Waals surface area contributed by atoms with E-state index in [4.69, 9.17) is 0 Å². The molecule has 1 aliphatic carbocycles. The van der Waals surface area contributed by atoms with Gasteiger partial charge in [0, 0.05) is 19.2 Å². The summed E-state index contributed by atoms with van der Waals surface area (Å²) >= 11 is 0. The molecule has 1 aliphatic heterocycles. The molecule has 0 unspecified atom stereocenters. The Bertz CT molecular complexity index is 175. The molecule has 0 aromatic carbocycles. The molecule has 0 aromatic rings. The molecule has 0 radical (unpaired) electrons. The quantitative estimate of drug-likeness (QED) is 0.709. The van der Waals surface area contributed by atoms with Gasteiger partial charge in [0.1, 0.15) is 0 Å². The summed E-state index contributed by atoms with van der Waals surface area (Å²) in [6.07, 6.45) is 11.1. The van der Waals surface area contributed by atoms with Crippen molar-refractivity contribution in [2.45, 2.75) is 57.4 Å². The minimum Gasteiger partial charge on any atom is -0.396 e. The second-order valence-corrected chi connectivity index (χ2v) is 5.33. The molecular formula is C13H25NO. The SMILES string of the molecule is OC[C@H]1CCCN(C2CCCCCC2)C1. The van der Waals surface area contributed by atoms with E-state index in [-0.39, 0.29) is 0 Å². The predicted octanol–water partition coefficient (Wildman–Crippen LogP) is 2.41. The van der Waals surface area contributed by atoms with Crippen LogP contribution in [0.1, 0.15) is 51.4 Å². The lowest BCUT2D eigenvalue weighted by molar-refractivity contribution is 0.0815. The smallest absolute Gasteiger partial charge is 0.0471 e. The molecule has 15 heavy (non-hydrogen) atoms. The van der Waals surface area contributed by atoms with Crippen LogP contribution in [0.5, 0.6) is 0 Å². The number of likely N-dealkylation sites (tertiary alicyclic amines) is 1. The Morgan fingerprint density at radius 2 is 1.67 bits per heavy atom. The summed E-state index contributed by atoms with van der Waals surface area (Å²) in [5, 5.41) is 9.24. The zero-order chi connectivity index (χ0) is 10.5. The first-order valence-electron chi connectivity index (χ1n) is 6.75. The lowest BCUT2D eigenvalue weighted by Crippen LogP contribution is -2.43. The van der Waals surface area contributed by atoms with Crippen molar-refractivity contribution < 1.29 is 5.11 Å². The van der Waals surface area contributed by atoms with Gasteiger partial charge in [0.25, 0.3) is 0 Å². The molecule has 1 heterocycles. The standard InChI is InChI=1S/C13H25NO/c15-11-12-6-5-9-14(10-12)13-7-3-1-2-4-8-13/h12-13,15H,1-11H2/t12-/m0/s1. The molecule has 1 saturated heterocycles. The summed E-state index contributed by atoms with van der Waals surface area (Å²) in [5.41, 5.74) is 0. The van der Waals surface area contributed by atoms with E-state index in [1.807, 2.05) is 0 Å². The molecule has 2 rings (SSSR count). The van der Waals surface area contributed by atoms with E-state index >= 15 is 0 Å². The first-order valence-corrected chi connectivity index (χ1v) is 6.75. The van der Waals surface area contributed by atoms with Gasteiger partial charge in [-0.15, -0.1) is 0 Å². The average Bonchev–Trinajstić information content (AvgIpc) is 2.58. The molecule has 0 bridgehead atoms.